The Kier molecular flexibility index (Phi) is 4.33. The van der Waals surface area contributed by atoms with E-state index in [0.717, 1.165) is 6.42 Å². The Morgan fingerprint density at radius 2 is 2.20 bits per heavy atom. The lowest BCUT2D eigenvalue weighted by Crippen LogP contribution is -2.23. The molecule has 2 rings (SSSR count). The lowest BCUT2D eigenvalue weighted by molar-refractivity contribution is 0.469. The van der Waals surface area contributed by atoms with Gasteiger partial charge in [-0.25, -0.2) is 4.68 Å². The Labute approximate surface area is 117 Å². The summed E-state index contributed by atoms with van der Waals surface area (Å²) in [5, 5.41) is 10.3. The first-order valence-corrected chi connectivity index (χ1v) is 7.77. The summed E-state index contributed by atoms with van der Waals surface area (Å²) in [7, 11) is -3.62. The maximum atomic E-state index is 12.0. The van der Waals surface area contributed by atoms with Crippen molar-refractivity contribution in [3.05, 3.63) is 30.6 Å². The molecule has 0 amide bonds. The number of hydrogen-bond acceptors (Lipinski definition) is 6. The highest BCUT2D eigenvalue weighted by atomic mass is 32.2. The van der Waals surface area contributed by atoms with Crippen LogP contribution in [0, 0.1) is 0 Å². The second-order valence-electron chi connectivity index (χ2n) is 4.43. The predicted octanol–water partition coefficient (Wildman–Crippen LogP) is 1.56. The molecule has 0 radical (unpaired) electrons. The van der Waals surface area contributed by atoms with Crippen molar-refractivity contribution in [3.8, 4) is 11.4 Å². The molecule has 0 saturated carbocycles. The molecule has 8 heteroatoms. The van der Waals surface area contributed by atoms with Crippen LogP contribution in [0.2, 0.25) is 0 Å². The topological polar surface area (TPSA) is 87.0 Å². The minimum Gasteiger partial charge on any atom is -0.382 e. The summed E-state index contributed by atoms with van der Waals surface area (Å²) in [5.74, 6) is 0.251. The van der Waals surface area contributed by atoms with Gasteiger partial charge in [-0.3, -0.25) is 0 Å². The largest absolute Gasteiger partial charge is 0.382 e. The molecule has 0 spiro atoms. The van der Waals surface area contributed by atoms with Crippen LogP contribution in [-0.4, -0.2) is 33.9 Å². The third-order valence-electron chi connectivity index (χ3n) is 2.83. The van der Waals surface area contributed by atoms with E-state index in [0.29, 0.717) is 12.1 Å². The molecule has 0 aliphatic heterocycles. The quantitative estimate of drug-likeness (QED) is 0.752. The summed E-state index contributed by atoms with van der Waals surface area (Å²) in [6.07, 6.45) is 2.77. The summed E-state index contributed by atoms with van der Waals surface area (Å²) < 4.78 is 30.6. The van der Waals surface area contributed by atoms with E-state index in [2.05, 4.69) is 15.5 Å². The lowest BCUT2D eigenvalue weighted by Gasteiger charge is -2.13. The van der Waals surface area contributed by atoms with E-state index in [9.17, 15) is 8.42 Å². The highest BCUT2D eigenvalue weighted by Gasteiger charge is 2.22. The van der Waals surface area contributed by atoms with Gasteiger partial charge in [0.2, 0.25) is 0 Å². The maximum absolute atomic E-state index is 12.0. The van der Waals surface area contributed by atoms with Gasteiger partial charge in [0, 0.05) is 6.07 Å². The second-order valence-corrected chi connectivity index (χ2v) is 6.38. The van der Waals surface area contributed by atoms with E-state index in [1.165, 1.54) is 11.0 Å². The zero-order valence-electron chi connectivity index (χ0n) is 11.3. The monoisotopic (exact) mass is 296 g/mol. The molecule has 1 aromatic carbocycles. The number of aromatic nitrogens is 4. The van der Waals surface area contributed by atoms with Crippen LogP contribution in [0.25, 0.3) is 5.69 Å². The first-order valence-electron chi connectivity index (χ1n) is 6.29. The highest BCUT2D eigenvalue weighted by molar-refractivity contribution is 7.87. The Morgan fingerprint density at radius 3 is 2.85 bits per heavy atom. The van der Waals surface area contributed by atoms with Gasteiger partial charge in [-0.05, 0) is 35.9 Å². The van der Waals surface area contributed by atoms with Gasteiger partial charge in [-0.15, -0.1) is 5.10 Å². The number of nitrogens with zero attached hydrogens (tertiary/aromatic N) is 4. The van der Waals surface area contributed by atoms with Crippen molar-refractivity contribution in [1.29, 1.82) is 0 Å². The number of rotatable bonds is 6. The van der Waals surface area contributed by atoms with Gasteiger partial charge in [-0.1, -0.05) is 19.4 Å². The molecule has 1 aromatic heterocycles. The normalized spacial score (nSPS) is 13.1. The molecule has 2 aromatic rings. The molecule has 0 bridgehead atoms. The maximum Gasteiger partial charge on any atom is 0.311 e. The van der Waals surface area contributed by atoms with E-state index >= 15 is 0 Å². The highest BCUT2D eigenvalue weighted by Crippen LogP contribution is 2.20. The Bertz CT molecular complexity index is 655. The molecule has 1 atom stereocenters. The fourth-order valence-corrected chi connectivity index (χ4v) is 2.79. The van der Waals surface area contributed by atoms with E-state index in [4.69, 9.17) is 4.18 Å². The summed E-state index contributed by atoms with van der Waals surface area (Å²) in [4.78, 5) is 0. The predicted molar refractivity (Wildman–Crippen MR) is 73.1 cm³/mol. The summed E-state index contributed by atoms with van der Waals surface area (Å²) in [6.45, 7) is 3.58. The van der Waals surface area contributed by atoms with Crippen molar-refractivity contribution in [2.75, 3.05) is 0 Å². The first kappa shape index (κ1) is 14.4. The van der Waals surface area contributed by atoms with Gasteiger partial charge in [0.25, 0.3) is 0 Å². The third kappa shape index (κ3) is 3.32. The van der Waals surface area contributed by atoms with Crippen LogP contribution < -0.4 is 4.18 Å². The Balaban J connectivity index is 2.20. The molecular weight excluding hydrogens is 280 g/mol. The van der Waals surface area contributed by atoms with Crippen molar-refractivity contribution in [1.82, 2.24) is 20.2 Å². The standard InChI is InChI=1S/C12H16N4O3S/c1-3-5-10(2)20(17,18)19-12-7-4-6-11(8-12)16-9-13-14-15-16/h4,6-10H,3,5H2,1-2H3/t10-/m1/s1. The van der Waals surface area contributed by atoms with Crippen molar-refractivity contribution in [2.24, 2.45) is 0 Å². The summed E-state index contributed by atoms with van der Waals surface area (Å²) in [6, 6.07) is 6.61. The molecule has 108 valence electrons. The van der Waals surface area contributed by atoms with Gasteiger partial charge >= 0.3 is 10.1 Å². The summed E-state index contributed by atoms with van der Waals surface area (Å²) >= 11 is 0. The van der Waals surface area contributed by atoms with Crippen LogP contribution in [0.1, 0.15) is 26.7 Å². The Morgan fingerprint density at radius 1 is 1.40 bits per heavy atom. The van der Waals surface area contributed by atoms with Crippen LogP contribution in [0.4, 0.5) is 0 Å². The van der Waals surface area contributed by atoms with Gasteiger partial charge in [0.1, 0.15) is 12.1 Å². The smallest absolute Gasteiger partial charge is 0.311 e. The van der Waals surface area contributed by atoms with E-state index in [1.807, 2.05) is 6.92 Å². The molecular formula is C12H16N4O3S. The van der Waals surface area contributed by atoms with Crippen LogP contribution in [0.3, 0.4) is 0 Å². The average Bonchev–Trinajstić information content (AvgIpc) is 2.92. The molecule has 0 aliphatic carbocycles. The van der Waals surface area contributed by atoms with Gasteiger partial charge in [0.15, 0.2) is 0 Å². The van der Waals surface area contributed by atoms with Crippen LogP contribution in [0.5, 0.6) is 5.75 Å². The molecule has 0 N–H and O–H groups in total. The second kappa shape index (κ2) is 6.00. The molecule has 7 nitrogen and oxygen atoms in total. The van der Waals surface area contributed by atoms with E-state index in [-0.39, 0.29) is 5.75 Å². The molecule has 0 fully saturated rings. The zero-order chi connectivity index (χ0) is 14.6. The van der Waals surface area contributed by atoms with Gasteiger partial charge in [0.05, 0.1) is 10.9 Å². The molecule has 0 saturated heterocycles. The third-order valence-corrected chi connectivity index (χ3v) is 4.48. The summed E-state index contributed by atoms with van der Waals surface area (Å²) in [5.41, 5.74) is 0.630. The van der Waals surface area contributed by atoms with Crippen molar-refractivity contribution in [3.63, 3.8) is 0 Å². The number of tetrazole rings is 1. The average molecular weight is 296 g/mol. The minimum absolute atomic E-state index is 0.251. The number of hydrogen-bond donors (Lipinski definition) is 0. The van der Waals surface area contributed by atoms with Crippen molar-refractivity contribution in [2.45, 2.75) is 31.9 Å². The lowest BCUT2D eigenvalue weighted by atomic mass is 10.3. The Hall–Kier alpha value is -1.96. The number of benzene rings is 1. The van der Waals surface area contributed by atoms with Crippen LogP contribution in [-0.2, 0) is 10.1 Å². The fourth-order valence-electron chi connectivity index (χ4n) is 1.72. The van der Waals surface area contributed by atoms with Crippen LogP contribution in [0.15, 0.2) is 30.6 Å². The molecule has 1 heterocycles. The van der Waals surface area contributed by atoms with Gasteiger partial charge in [-0.2, -0.15) is 8.42 Å². The fraction of sp³-hybridized carbons (Fsp3) is 0.417. The van der Waals surface area contributed by atoms with Crippen molar-refractivity contribution < 1.29 is 12.6 Å². The molecule has 0 aliphatic rings. The van der Waals surface area contributed by atoms with E-state index < -0.39 is 15.4 Å². The molecule has 0 unspecified atom stereocenters. The SMILES string of the molecule is CCC[C@@H](C)S(=O)(=O)Oc1cccc(-n2cnnn2)c1. The van der Waals surface area contributed by atoms with Gasteiger partial charge < -0.3 is 4.18 Å². The minimum atomic E-state index is -3.62. The zero-order valence-corrected chi connectivity index (χ0v) is 12.1. The first-order chi connectivity index (χ1) is 9.53. The molecule has 20 heavy (non-hydrogen) atoms. The van der Waals surface area contributed by atoms with E-state index in [1.54, 1.807) is 31.2 Å². The van der Waals surface area contributed by atoms with Crippen molar-refractivity contribution >= 4 is 10.1 Å². The van der Waals surface area contributed by atoms with Crippen LogP contribution >= 0.6 is 0 Å².